The first-order chi connectivity index (χ1) is 7.85. The zero-order chi connectivity index (χ0) is 12.1. The van der Waals surface area contributed by atoms with Crippen LogP contribution >= 0.6 is 0 Å². The van der Waals surface area contributed by atoms with Crippen LogP contribution in [0.5, 0.6) is 0 Å². The molecule has 0 aromatic heterocycles. The second-order valence-electron chi connectivity index (χ2n) is 4.17. The Kier molecular flexibility index (Phi) is 11.4. The van der Waals surface area contributed by atoms with Gasteiger partial charge in [-0.15, -0.1) is 0 Å². The van der Waals surface area contributed by atoms with Gasteiger partial charge in [-0.3, -0.25) is 0 Å². The molecule has 0 aromatic carbocycles. The van der Waals surface area contributed by atoms with E-state index < -0.39 is 0 Å². The van der Waals surface area contributed by atoms with Gasteiger partial charge in [-0.2, -0.15) is 0 Å². The lowest BCUT2D eigenvalue weighted by Crippen LogP contribution is -1.98. The Morgan fingerprint density at radius 2 is 1.94 bits per heavy atom. The van der Waals surface area contributed by atoms with Gasteiger partial charge in [0.2, 0.25) is 0 Å². The topological polar surface area (TPSA) is 0 Å². The third-order valence-corrected chi connectivity index (χ3v) is 2.70. The number of hydrogen-bond acceptors (Lipinski definition) is 0. The molecule has 0 N–H and O–H groups in total. The van der Waals surface area contributed by atoms with Gasteiger partial charge in [0, 0.05) is 0 Å². The van der Waals surface area contributed by atoms with Crippen LogP contribution in [0.2, 0.25) is 0 Å². The maximum Gasteiger partial charge on any atom is -0.0239 e. The molecule has 0 aliphatic heterocycles. The summed E-state index contributed by atoms with van der Waals surface area (Å²) in [5, 5.41) is 0. The predicted octanol–water partition coefficient (Wildman–Crippen LogP) is 5.43. The van der Waals surface area contributed by atoms with Crippen LogP contribution in [0.1, 0.15) is 59.3 Å². The average molecular weight is 218 g/mol. The summed E-state index contributed by atoms with van der Waals surface area (Å²) in [4.78, 5) is 0. The molecule has 0 aliphatic rings. The Labute approximate surface area is 101 Å². The molecule has 0 spiro atoms. The number of rotatable bonds is 8. The van der Waals surface area contributed by atoms with E-state index in [-0.39, 0.29) is 0 Å². The first-order valence-electron chi connectivity index (χ1n) is 6.56. The molecule has 0 rings (SSSR count). The molecule has 0 saturated heterocycles. The predicted molar refractivity (Wildman–Crippen MR) is 73.5 cm³/mol. The highest BCUT2D eigenvalue weighted by molar-refractivity contribution is 4.86. The van der Waals surface area contributed by atoms with Crippen molar-refractivity contribution in [3.05, 3.63) is 35.8 Å². The molecule has 16 heavy (non-hydrogen) atoms. The van der Waals surface area contributed by atoms with Crippen LogP contribution in [0.25, 0.3) is 0 Å². The van der Waals surface area contributed by atoms with E-state index in [9.17, 15) is 0 Å². The summed E-state index contributed by atoms with van der Waals surface area (Å²) >= 11 is 0. The maximum absolute atomic E-state index is 3.08. The van der Waals surface area contributed by atoms with Crippen molar-refractivity contribution in [2.24, 2.45) is 5.92 Å². The quantitative estimate of drug-likeness (QED) is 0.290. The largest absolute Gasteiger partial charge is 0.0917 e. The van der Waals surface area contributed by atoms with Gasteiger partial charge in [-0.1, -0.05) is 43.4 Å². The van der Waals surface area contributed by atoms with Crippen LogP contribution in [0.4, 0.5) is 0 Å². The van der Waals surface area contributed by atoms with E-state index in [0.717, 1.165) is 12.3 Å². The molecular formula is C16H26. The van der Waals surface area contributed by atoms with Gasteiger partial charge >= 0.3 is 0 Å². The van der Waals surface area contributed by atoms with Gasteiger partial charge in [0.25, 0.3) is 0 Å². The Hall–Kier alpha value is -0.960. The molecular weight excluding hydrogens is 192 g/mol. The highest BCUT2D eigenvalue weighted by Gasteiger charge is 2.04. The Morgan fingerprint density at radius 1 is 1.12 bits per heavy atom. The summed E-state index contributed by atoms with van der Waals surface area (Å²) in [5.41, 5.74) is 6.06. The molecule has 0 heterocycles. The second-order valence-corrected chi connectivity index (χ2v) is 4.17. The number of allylic oxidation sites excluding steroid dienone is 4. The zero-order valence-electron chi connectivity index (χ0n) is 11.1. The average Bonchev–Trinajstić information content (AvgIpc) is 2.30. The molecule has 0 bridgehead atoms. The van der Waals surface area contributed by atoms with E-state index in [0.29, 0.717) is 0 Å². The first kappa shape index (κ1) is 15.0. The van der Waals surface area contributed by atoms with E-state index in [4.69, 9.17) is 0 Å². The van der Waals surface area contributed by atoms with Crippen molar-refractivity contribution in [2.45, 2.75) is 59.3 Å². The maximum atomic E-state index is 3.08. The third-order valence-electron chi connectivity index (χ3n) is 2.70. The summed E-state index contributed by atoms with van der Waals surface area (Å²) in [5.74, 6) is 0.835. The molecule has 0 aromatic rings. The van der Waals surface area contributed by atoms with E-state index in [2.05, 4.69) is 43.5 Å². The lowest BCUT2D eigenvalue weighted by atomic mass is 9.94. The minimum Gasteiger partial charge on any atom is -0.0917 e. The van der Waals surface area contributed by atoms with Gasteiger partial charge in [0.15, 0.2) is 0 Å². The van der Waals surface area contributed by atoms with Gasteiger partial charge in [-0.25, -0.2) is 0 Å². The summed E-state index contributed by atoms with van der Waals surface area (Å²) in [6.07, 6.45) is 16.1. The zero-order valence-corrected chi connectivity index (χ0v) is 11.1. The Morgan fingerprint density at radius 3 is 2.56 bits per heavy atom. The van der Waals surface area contributed by atoms with Gasteiger partial charge < -0.3 is 0 Å². The third kappa shape index (κ3) is 9.59. The van der Waals surface area contributed by atoms with Crippen LogP contribution in [-0.2, 0) is 0 Å². The van der Waals surface area contributed by atoms with Crippen LogP contribution in [0, 0.1) is 5.92 Å². The van der Waals surface area contributed by atoms with Crippen molar-refractivity contribution in [3.8, 4) is 0 Å². The van der Waals surface area contributed by atoms with Crippen LogP contribution in [0.3, 0.4) is 0 Å². The van der Waals surface area contributed by atoms with Crippen LogP contribution < -0.4 is 0 Å². The van der Waals surface area contributed by atoms with Crippen LogP contribution in [-0.4, -0.2) is 0 Å². The molecule has 0 radical (unpaired) electrons. The first-order valence-corrected chi connectivity index (χ1v) is 6.56. The summed E-state index contributed by atoms with van der Waals surface area (Å²) < 4.78 is 0. The highest BCUT2D eigenvalue weighted by atomic mass is 14.1. The summed E-state index contributed by atoms with van der Waals surface area (Å²) in [6, 6.07) is 0. The fraction of sp³-hybridized carbons (Fsp3) is 0.625. The molecule has 0 nitrogen and oxygen atoms in total. The van der Waals surface area contributed by atoms with E-state index >= 15 is 0 Å². The molecule has 90 valence electrons. The number of unbranched alkanes of at least 4 members (excludes halogenated alkanes) is 1. The molecule has 0 fully saturated rings. The lowest BCUT2D eigenvalue weighted by Gasteiger charge is -2.12. The fourth-order valence-corrected chi connectivity index (χ4v) is 1.85. The Bertz CT molecular complexity index is 258. The second kappa shape index (κ2) is 12.1. The van der Waals surface area contributed by atoms with Crippen LogP contribution in [0.15, 0.2) is 35.8 Å². The highest BCUT2D eigenvalue weighted by Crippen LogP contribution is 2.19. The number of hydrogen-bond donors (Lipinski definition) is 0. The van der Waals surface area contributed by atoms with E-state index in [1.807, 2.05) is 13.0 Å². The summed E-state index contributed by atoms with van der Waals surface area (Å²) in [7, 11) is 0. The van der Waals surface area contributed by atoms with E-state index in [1.165, 1.54) is 32.1 Å². The van der Waals surface area contributed by atoms with Crippen molar-refractivity contribution in [1.29, 1.82) is 0 Å². The van der Waals surface area contributed by atoms with Gasteiger partial charge in [0.05, 0.1) is 0 Å². The molecule has 1 atom stereocenters. The Balaban J connectivity index is 3.91. The molecule has 0 amide bonds. The summed E-state index contributed by atoms with van der Waals surface area (Å²) in [6.45, 7) is 6.33. The molecule has 0 heteroatoms. The fourth-order valence-electron chi connectivity index (χ4n) is 1.85. The van der Waals surface area contributed by atoms with Crippen molar-refractivity contribution in [2.75, 3.05) is 0 Å². The molecule has 0 saturated carbocycles. The SMILES string of the molecule is CC=C=C=CCC(CCC)CCCC=CC. The standard InChI is InChI=1S/C16H26/c1-4-7-9-11-14-16(13-6-3)15-12-10-8-5-2/h4-5,7,12,16H,6,9,11,13-15H2,1-3H3. The smallest absolute Gasteiger partial charge is 0.0239 e. The normalized spacial score (nSPS) is 11.9. The van der Waals surface area contributed by atoms with Crippen molar-refractivity contribution in [3.63, 3.8) is 0 Å². The van der Waals surface area contributed by atoms with E-state index in [1.54, 1.807) is 0 Å². The van der Waals surface area contributed by atoms with Gasteiger partial charge in [-0.05, 0) is 57.6 Å². The molecule has 0 aliphatic carbocycles. The monoisotopic (exact) mass is 218 g/mol. The molecule has 1 unspecified atom stereocenters. The van der Waals surface area contributed by atoms with Crippen molar-refractivity contribution in [1.82, 2.24) is 0 Å². The minimum absolute atomic E-state index is 0.835. The lowest BCUT2D eigenvalue weighted by molar-refractivity contribution is 0.438. The van der Waals surface area contributed by atoms with Gasteiger partial charge in [0.1, 0.15) is 0 Å². The van der Waals surface area contributed by atoms with Crippen molar-refractivity contribution < 1.29 is 0 Å². The van der Waals surface area contributed by atoms with Crippen molar-refractivity contribution >= 4 is 0 Å². The minimum atomic E-state index is 0.835.